The Balaban J connectivity index is 1.63. The molecule has 158 valence electrons. The van der Waals surface area contributed by atoms with Crippen LogP contribution >= 0.6 is 0 Å². The fourth-order valence-electron chi connectivity index (χ4n) is 4.13. The van der Waals surface area contributed by atoms with E-state index in [-0.39, 0.29) is 35.2 Å². The van der Waals surface area contributed by atoms with E-state index in [2.05, 4.69) is 27.5 Å². The van der Waals surface area contributed by atoms with Gasteiger partial charge in [-0.1, -0.05) is 24.6 Å². The van der Waals surface area contributed by atoms with Crippen LogP contribution in [0.2, 0.25) is 0 Å². The third kappa shape index (κ3) is 3.94. The van der Waals surface area contributed by atoms with Crippen molar-refractivity contribution in [2.75, 3.05) is 28.6 Å². The highest BCUT2D eigenvalue weighted by Gasteiger charge is 2.35. The van der Waals surface area contributed by atoms with Crippen molar-refractivity contribution in [1.82, 2.24) is 9.97 Å². The lowest BCUT2D eigenvalue weighted by molar-refractivity contribution is -0.123. The molecule has 1 aromatic carbocycles. The minimum atomic E-state index is -0.888. The predicted octanol–water partition coefficient (Wildman–Crippen LogP) is 2.69. The largest absolute Gasteiger partial charge is 0.342 e. The van der Waals surface area contributed by atoms with E-state index in [0.29, 0.717) is 17.6 Å². The maximum atomic E-state index is 13.0. The minimum absolute atomic E-state index is 0.0882. The van der Waals surface area contributed by atoms with Crippen molar-refractivity contribution >= 4 is 29.3 Å². The smallest absolute Gasteiger partial charge is 0.258 e. The second kappa shape index (κ2) is 7.93. The summed E-state index contributed by atoms with van der Waals surface area (Å²) in [5, 5.41) is 5.55. The number of aromatic amines is 1. The van der Waals surface area contributed by atoms with E-state index in [1.54, 1.807) is 0 Å². The second-order valence-corrected chi connectivity index (χ2v) is 8.43. The number of rotatable bonds is 3. The number of H-pyrrole nitrogens is 1. The number of carbonyl (C=O) groups is 2. The Morgan fingerprint density at radius 2 is 1.93 bits per heavy atom. The molecule has 0 aliphatic carbocycles. The fraction of sp³-hybridized carbons (Fsp3) is 0.455. The Hall–Kier alpha value is -3.16. The number of hydrogen-bond donors (Lipinski definition) is 3. The molecule has 3 N–H and O–H groups in total. The molecule has 1 aromatic heterocycles. The van der Waals surface area contributed by atoms with Gasteiger partial charge in [-0.2, -0.15) is 4.98 Å². The standard InChI is InChI=1S/C22H27N5O3/c1-12-6-8-27(9-7-12)22-25-19-18(21(30)26-22)15(11-17(28)24-19)20(29)23-16-5-4-13(2)10-14(16)3/h4-5,10,12,15H,6-9,11H2,1-3H3,(H,23,29)(H2,24,25,26,28,30)/t15-/m0/s1. The van der Waals surface area contributed by atoms with E-state index < -0.39 is 5.92 Å². The number of aromatic nitrogens is 2. The number of piperidine rings is 1. The SMILES string of the molecule is Cc1ccc(NC(=O)[C@H]2CC(=O)Nc3nc(N4CCC(C)CC4)[nH]c(=O)c32)c(C)c1. The number of aryl methyl sites for hydroxylation is 2. The molecule has 0 bridgehead atoms. The first-order valence-corrected chi connectivity index (χ1v) is 10.4. The number of hydrogen-bond acceptors (Lipinski definition) is 5. The van der Waals surface area contributed by atoms with Crippen LogP contribution in [0.25, 0.3) is 0 Å². The van der Waals surface area contributed by atoms with Gasteiger partial charge in [-0.05, 0) is 44.2 Å². The van der Waals surface area contributed by atoms with Gasteiger partial charge < -0.3 is 15.5 Å². The summed E-state index contributed by atoms with van der Waals surface area (Å²) >= 11 is 0. The maximum Gasteiger partial charge on any atom is 0.258 e. The molecule has 0 unspecified atom stereocenters. The third-order valence-corrected chi connectivity index (χ3v) is 5.98. The third-order valence-electron chi connectivity index (χ3n) is 5.98. The molecular weight excluding hydrogens is 382 g/mol. The van der Waals surface area contributed by atoms with Crippen molar-refractivity contribution in [3.63, 3.8) is 0 Å². The van der Waals surface area contributed by atoms with E-state index >= 15 is 0 Å². The Kier molecular flexibility index (Phi) is 5.32. The molecule has 30 heavy (non-hydrogen) atoms. The summed E-state index contributed by atoms with van der Waals surface area (Å²) in [4.78, 5) is 47.6. The number of anilines is 3. The van der Waals surface area contributed by atoms with Crippen LogP contribution in [0.15, 0.2) is 23.0 Å². The van der Waals surface area contributed by atoms with E-state index in [9.17, 15) is 14.4 Å². The molecule has 0 saturated carbocycles. The van der Waals surface area contributed by atoms with E-state index in [0.717, 1.165) is 37.1 Å². The fourth-order valence-corrected chi connectivity index (χ4v) is 4.13. The minimum Gasteiger partial charge on any atom is -0.342 e. The lowest BCUT2D eigenvalue weighted by Crippen LogP contribution is -2.39. The number of amides is 2. The van der Waals surface area contributed by atoms with Crippen molar-refractivity contribution < 1.29 is 9.59 Å². The van der Waals surface area contributed by atoms with Gasteiger partial charge >= 0.3 is 0 Å². The normalized spacial score (nSPS) is 19.2. The maximum absolute atomic E-state index is 13.0. The first-order chi connectivity index (χ1) is 14.3. The lowest BCUT2D eigenvalue weighted by Gasteiger charge is -2.31. The predicted molar refractivity (Wildman–Crippen MR) is 116 cm³/mol. The summed E-state index contributed by atoms with van der Waals surface area (Å²) in [6.45, 7) is 7.69. The van der Waals surface area contributed by atoms with Gasteiger partial charge in [0.25, 0.3) is 5.56 Å². The summed E-state index contributed by atoms with van der Waals surface area (Å²) in [6, 6.07) is 5.71. The highest BCUT2D eigenvalue weighted by Crippen LogP contribution is 2.31. The second-order valence-electron chi connectivity index (χ2n) is 8.43. The molecule has 8 nitrogen and oxygen atoms in total. The van der Waals surface area contributed by atoms with Crippen LogP contribution in [0.1, 0.15) is 48.8 Å². The molecule has 1 fully saturated rings. The van der Waals surface area contributed by atoms with Crippen LogP contribution in [-0.2, 0) is 9.59 Å². The number of carbonyl (C=O) groups excluding carboxylic acids is 2. The molecule has 0 radical (unpaired) electrons. The zero-order valence-corrected chi connectivity index (χ0v) is 17.5. The van der Waals surface area contributed by atoms with Gasteiger partial charge in [-0.15, -0.1) is 0 Å². The monoisotopic (exact) mass is 409 g/mol. The summed E-state index contributed by atoms with van der Waals surface area (Å²) in [6.07, 6.45) is 1.96. The van der Waals surface area contributed by atoms with Gasteiger partial charge in [0.15, 0.2) is 0 Å². The van der Waals surface area contributed by atoms with Gasteiger partial charge in [0.05, 0.1) is 11.5 Å². The topological polar surface area (TPSA) is 107 Å². The van der Waals surface area contributed by atoms with Gasteiger partial charge in [0.1, 0.15) is 5.82 Å². The molecule has 3 heterocycles. The Morgan fingerprint density at radius 1 is 1.20 bits per heavy atom. The zero-order chi connectivity index (χ0) is 21.4. The quantitative estimate of drug-likeness (QED) is 0.723. The number of fused-ring (bicyclic) bond motifs is 1. The summed E-state index contributed by atoms with van der Waals surface area (Å²) in [7, 11) is 0. The molecule has 2 aromatic rings. The van der Waals surface area contributed by atoms with Crippen molar-refractivity contribution in [2.45, 2.75) is 46.0 Å². The van der Waals surface area contributed by atoms with E-state index in [1.165, 1.54) is 0 Å². The van der Waals surface area contributed by atoms with Gasteiger partial charge in [0.2, 0.25) is 17.8 Å². The number of nitrogens with one attached hydrogen (secondary N) is 3. The van der Waals surface area contributed by atoms with Crippen molar-refractivity contribution in [2.24, 2.45) is 5.92 Å². The highest BCUT2D eigenvalue weighted by atomic mass is 16.2. The van der Waals surface area contributed by atoms with Crippen molar-refractivity contribution in [1.29, 1.82) is 0 Å². The lowest BCUT2D eigenvalue weighted by atomic mass is 9.92. The molecule has 8 heteroatoms. The van der Waals surface area contributed by atoms with Crippen molar-refractivity contribution in [3.8, 4) is 0 Å². The Labute approximate surface area is 175 Å². The van der Waals surface area contributed by atoms with Crippen LogP contribution in [0.5, 0.6) is 0 Å². The van der Waals surface area contributed by atoms with Crippen LogP contribution in [0, 0.1) is 19.8 Å². The molecule has 0 spiro atoms. The summed E-state index contributed by atoms with van der Waals surface area (Å²) < 4.78 is 0. The summed E-state index contributed by atoms with van der Waals surface area (Å²) in [5.41, 5.74) is 2.51. The van der Waals surface area contributed by atoms with Crippen molar-refractivity contribution in [3.05, 3.63) is 45.2 Å². The van der Waals surface area contributed by atoms with Gasteiger partial charge in [0, 0.05) is 25.2 Å². The first-order valence-electron chi connectivity index (χ1n) is 10.4. The Morgan fingerprint density at radius 3 is 2.63 bits per heavy atom. The molecule has 2 aliphatic rings. The average Bonchev–Trinajstić information content (AvgIpc) is 2.69. The molecular formula is C22H27N5O3. The van der Waals surface area contributed by atoms with Gasteiger partial charge in [-0.25, -0.2) is 0 Å². The summed E-state index contributed by atoms with van der Waals surface area (Å²) in [5.74, 6) is -0.319. The molecule has 2 aliphatic heterocycles. The molecule has 4 rings (SSSR count). The van der Waals surface area contributed by atoms with Crippen LogP contribution < -0.4 is 21.1 Å². The Bertz CT molecular complexity index is 1050. The first kappa shape index (κ1) is 20.1. The van der Waals surface area contributed by atoms with Gasteiger partial charge in [-0.3, -0.25) is 19.4 Å². The van der Waals surface area contributed by atoms with E-state index in [4.69, 9.17) is 0 Å². The zero-order valence-electron chi connectivity index (χ0n) is 17.5. The van der Waals surface area contributed by atoms with Crippen LogP contribution in [0.4, 0.5) is 17.5 Å². The van der Waals surface area contributed by atoms with Crippen LogP contribution in [-0.4, -0.2) is 34.9 Å². The highest BCUT2D eigenvalue weighted by molar-refractivity contribution is 6.04. The number of benzene rings is 1. The average molecular weight is 409 g/mol. The molecule has 1 atom stereocenters. The van der Waals surface area contributed by atoms with Crippen LogP contribution in [0.3, 0.4) is 0 Å². The molecule has 1 saturated heterocycles. The molecule has 2 amide bonds. The number of nitrogens with zero attached hydrogens (tertiary/aromatic N) is 2. The van der Waals surface area contributed by atoms with E-state index in [1.807, 2.05) is 36.9 Å².